The van der Waals surface area contributed by atoms with Gasteiger partial charge in [-0.05, 0) is 41.5 Å². The SMILES string of the molecule is CCN(CC)S(=O)(=O)c1ccc(C=CC(=O)OCc2ccc(C(=O)OC)cc2)cc1. The van der Waals surface area contributed by atoms with Crippen molar-refractivity contribution in [3.63, 3.8) is 0 Å². The second-order valence-electron chi connectivity index (χ2n) is 6.29. The van der Waals surface area contributed by atoms with Crippen molar-refractivity contribution in [2.75, 3.05) is 20.2 Å². The minimum atomic E-state index is -3.51. The van der Waals surface area contributed by atoms with E-state index in [-0.39, 0.29) is 11.5 Å². The molecule has 0 saturated carbocycles. The molecule has 2 rings (SSSR count). The molecule has 2 aromatic carbocycles. The van der Waals surface area contributed by atoms with E-state index in [0.717, 1.165) is 5.56 Å². The molecule has 0 aliphatic heterocycles. The molecule has 0 aromatic heterocycles. The molecule has 0 amide bonds. The molecule has 2 aromatic rings. The van der Waals surface area contributed by atoms with E-state index in [1.165, 1.54) is 29.6 Å². The molecule has 0 spiro atoms. The maximum atomic E-state index is 12.5. The van der Waals surface area contributed by atoms with Crippen molar-refractivity contribution in [2.24, 2.45) is 0 Å². The highest BCUT2D eigenvalue weighted by molar-refractivity contribution is 7.89. The number of hydrogen-bond donors (Lipinski definition) is 0. The summed E-state index contributed by atoms with van der Waals surface area (Å²) in [6, 6.07) is 12.8. The number of carbonyl (C=O) groups excluding carboxylic acids is 2. The number of benzene rings is 2. The van der Waals surface area contributed by atoms with Crippen molar-refractivity contribution in [1.82, 2.24) is 4.31 Å². The molecule has 30 heavy (non-hydrogen) atoms. The summed E-state index contributed by atoms with van der Waals surface area (Å²) in [6.45, 7) is 4.44. The Hall–Kier alpha value is -2.97. The van der Waals surface area contributed by atoms with Crippen LogP contribution in [0, 0.1) is 0 Å². The van der Waals surface area contributed by atoms with Gasteiger partial charge >= 0.3 is 11.9 Å². The molecular formula is C22H25NO6S. The van der Waals surface area contributed by atoms with E-state index in [4.69, 9.17) is 4.74 Å². The van der Waals surface area contributed by atoms with Crippen molar-refractivity contribution in [2.45, 2.75) is 25.3 Å². The maximum absolute atomic E-state index is 12.5. The molecule has 0 heterocycles. The first-order valence-electron chi connectivity index (χ1n) is 9.44. The van der Waals surface area contributed by atoms with Crippen LogP contribution in [0.25, 0.3) is 6.08 Å². The predicted octanol–water partition coefficient (Wildman–Crippen LogP) is 3.26. The van der Waals surface area contributed by atoms with Gasteiger partial charge in [0.1, 0.15) is 6.61 Å². The Morgan fingerprint density at radius 3 is 2.10 bits per heavy atom. The van der Waals surface area contributed by atoms with Crippen LogP contribution in [0.1, 0.15) is 35.3 Å². The number of methoxy groups -OCH3 is 1. The fourth-order valence-electron chi connectivity index (χ4n) is 2.69. The molecule has 0 fully saturated rings. The lowest BCUT2D eigenvalue weighted by atomic mass is 10.1. The van der Waals surface area contributed by atoms with Gasteiger partial charge in [0, 0.05) is 19.2 Å². The first kappa shape index (κ1) is 23.3. The van der Waals surface area contributed by atoms with Crippen molar-refractivity contribution >= 4 is 28.0 Å². The van der Waals surface area contributed by atoms with Crippen LogP contribution >= 0.6 is 0 Å². The van der Waals surface area contributed by atoms with Crippen LogP contribution in [-0.4, -0.2) is 44.9 Å². The van der Waals surface area contributed by atoms with Crippen LogP contribution in [-0.2, 0) is 30.9 Å². The standard InChI is InChI=1S/C22H25NO6S/c1-4-23(5-2)30(26,27)20-13-8-17(9-14-20)10-15-21(24)29-16-18-6-11-19(12-7-18)22(25)28-3/h6-15H,4-5,16H2,1-3H3. The quantitative estimate of drug-likeness (QED) is 0.447. The molecular weight excluding hydrogens is 406 g/mol. The molecule has 0 aliphatic carbocycles. The molecule has 0 saturated heterocycles. The summed E-state index contributed by atoms with van der Waals surface area (Å²) >= 11 is 0. The fourth-order valence-corrected chi connectivity index (χ4v) is 4.14. The van der Waals surface area contributed by atoms with Crippen molar-refractivity contribution < 1.29 is 27.5 Å². The number of sulfonamides is 1. The second kappa shape index (κ2) is 10.7. The van der Waals surface area contributed by atoms with Gasteiger partial charge in [0.2, 0.25) is 10.0 Å². The number of esters is 2. The lowest BCUT2D eigenvalue weighted by molar-refractivity contribution is -0.138. The van der Waals surface area contributed by atoms with Crippen LogP contribution < -0.4 is 0 Å². The second-order valence-corrected chi connectivity index (χ2v) is 8.23. The molecule has 0 bridgehead atoms. The van der Waals surface area contributed by atoms with Gasteiger partial charge in [0.15, 0.2) is 0 Å². The first-order valence-corrected chi connectivity index (χ1v) is 10.9. The van der Waals surface area contributed by atoms with Gasteiger partial charge in [0.05, 0.1) is 17.6 Å². The summed E-state index contributed by atoms with van der Waals surface area (Å²) in [4.78, 5) is 23.5. The van der Waals surface area contributed by atoms with E-state index in [0.29, 0.717) is 24.2 Å². The minimum absolute atomic E-state index is 0.0612. The number of carbonyl (C=O) groups is 2. The third-order valence-corrected chi connectivity index (χ3v) is 6.46. The van der Waals surface area contributed by atoms with Gasteiger partial charge in [-0.15, -0.1) is 0 Å². The lowest BCUT2D eigenvalue weighted by Gasteiger charge is -2.18. The molecule has 0 radical (unpaired) electrons. The Bertz CT molecular complexity index is 991. The summed E-state index contributed by atoms with van der Waals surface area (Å²) in [5.74, 6) is -0.968. The smallest absolute Gasteiger partial charge is 0.337 e. The number of nitrogens with zero attached hydrogens (tertiary/aromatic N) is 1. The summed E-state index contributed by atoms with van der Waals surface area (Å²) < 4.78 is 36.1. The Labute approximate surface area is 177 Å². The molecule has 8 heteroatoms. The summed E-state index contributed by atoms with van der Waals surface area (Å²) in [6.07, 6.45) is 2.83. The molecule has 160 valence electrons. The van der Waals surface area contributed by atoms with Gasteiger partial charge in [-0.1, -0.05) is 38.1 Å². The Morgan fingerprint density at radius 1 is 0.967 bits per heavy atom. The third kappa shape index (κ3) is 6.01. The van der Waals surface area contributed by atoms with Gasteiger partial charge in [-0.3, -0.25) is 0 Å². The van der Waals surface area contributed by atoms with Crippen molar-refractivity contribution in [3.8, 4) is 0 Å². The van der Waals surface area contributed by atoms with E-state index in [1.807, 2.05) is 0 Å². The highest BCUT2D eigenvalue weighted by Crippen LogP contribution is 2.17. The number of rotatable bonds is 9. The van der Waals surface area contributed by atoms with E-state index < -0.39 is 22.0 Å². The van der Waals surface area contributed by atoms with Crippen LogP contribution in [0.4, 0.5) is 0 Å². The van der Waals surface area contributed by atoms with E-state index >= 15 is 0 Å². The molecule has 7 nitrogen and oxygen atoms in total. The summed E-state index contributed by atoms with van der Waals surface area (Å²) in [5.41, 5.74) is 1.82. The zero-order chi connectivity index (χ0) is 22.1. The van der Waals surface area contributed by atoms with E-state index in [2.05, 4.69) is 4.74 Å². The number of hydrogen-bond acceptors (Lipinski definition) is 6. The van der Waals surface area contributed by atoms with Crippen LogP contribution in [0.5, 0.6) is 0 Å². The average molecular weight is 432 g/mol. The molecule has 0 atom stereocenters. The highest BCUT2D eigenvalue weighted by atomic mass is 32.2. The Morgan fingerprint density at radius 2 is 1.57 bits per heavy atom. The lowest BCUT2D eigenvalue weighted by Crippen LogP contribution is -2.30. The highest BCUT2D eigenvalue weighted by Gasteiger charge is 2.20. The zero-order valence-electron chi connectivity index (χ0n) is 17.2. The third-order valence-electron chi connectivity index (χ3n) is 4.39. The topological polar surface area (TPSA) is 90.0 Å². The molecule has 0 unspecified atom stereocenters. The van der Waals surface area contributed by atoms with Crippen LogP contribution in [0.2, 0.25) is 0 Å². The van der Waals surface area contributed by atoms with Crippen molar-refractivity contribution in [3.05, 3.63) is 71.3 Å². The first-order chi connectivity index (χ1) is 14.3. The van der Waals surface area contributed by atoms with E-state index in [1.54, 1.807) is 56.3 Å². The van der Waals surface area contributed by atoms with Gasteiger partial charge in [-0.2, -0.15) is 4.31 Å². The maximum Gasteiger partial charge on any atom is 0.337 e. The Kier molecular flexibility index (Phi) is 8.32. The summed E-state index contributed by atoms with van der Waals surface area (Å²) in [5, 5.41) is 0. The average Bonchev–Trinajstić information content (AvgIpc) is 2.77. The monoisotopic (exact) mass is 431 g/mol. The van der Waals surface area contributed by atoms with Gasteiger partial charge in [-0.25, -0.2) is 18.0 Å². The minimum Gasteiger partial charge on any atom is -0.465 e. The predicted molar refractivity (Wildman–Crippen MR) is 113 cm³/mol. The normalized spacial score (nSPS) is 11.6. The van der Waals surface area contributed by atoms with Gasteiger partial charge in [0.25, 0.3) is 0 Å². The molecule has 0 aliphatic rings. The Balaban J connectivity index is 1.94. The van der Waals surface area contributed by atoms with Crippen LogP contribution in [0.15, 0.2) is 59.5 Å². The fraction of sp³-hybridized carbons (Fsp3) is 0.273. The van der Waals surface area contributed by atoms with Gasteiger partial charge < -0.3 is 9.47 Å². The van der Waals surface area contributed by atoms with E-state index in [9.17, 15) is 18.0 Å². The van der Waals surface area contributed by atoms with Crippen LogP contribution in [0.3, 0.4) is 0 Å². The summed E-state index contributed by atoms with van der Waals surface area (Å²) in [7, 11) is -2.20. The molecule has 0 N–H and O–H groups in total. The largest absolute Gasteiger partial charge is 0.465 e. The van der Waals surface area contributed by atoms with Crippen molar-refractivity contribution in [1.29, 1.82) is 0 Å². The zero-order valence-corrected chi connectivity index (χ0v) is 18.0. The number of ether oxygens (including phenoxy) is 2.